The minimum atomic E-state index is -0.272. The topological polar surface area (TPSA) is 40.5 Å². The Bertz CT molecular complexity index is 847. The Kier molecular flexibility index (Phi) is 10.5. The first kappa shape index (κ1) is 33.8. The van der Waals surface area contributed by atoms with E-state index < -0.39 is 0 Å². The van der Waals surface area contributed by atoms with Crippen LogP contribution in [0.4, 0.5) is 0 Å². The molecule has 240 valence electrons. The predicted octanol–water partition coefficient (Wildman–Crippen LogP) is 10.4. The van der Waals surface area contributed by atoms with E-state index in [1.807, 2.05) is 0 Å². The van der Waals surface area contributed by atoms with Gasteiger partial charge < -0.3 is 10.2 Å². The molecule has 0 radical (unpaired) electrons. The van der Waals surface area contributed by atoms with Crippen molar-refractivity contribution in [1.29, 1.82) is 0 Å². The highest BCUT2D eigenvalue weighted by atomic mass is 16.3. The van der Waals surface area contributed by atoms with Crippen LogP contribution in [0, 0.1) is 81.3 Å². The molecule has 14 atom stereocenters. The van der Waals surface area contributed by atoms with Crippen LogP contribution < -0.4 is 0 Å². The van der Waals surface area contributed by atoms with Gasteiger partial charge in [0.05, 0.1) is 12.2 Å². The Morgan fingerprint density at radius 1 is 0.829 bits per heavy atom. The molecule has 0 heterocycles. The van der Waals surface area contributed by atoms with Crippen LogP contribution in [0.25, 0.3) is 0 Å². The lowest BCUT2D eigenvalue weighted by Gasteiger charge is -2.75. The SMILES string of the molecule is CCCC(CCC)C1CCC(CC)C2C(O)C3C(C)C4(CC)C(O)C(CC)C(CC)[C@H](C(C)C)[C@@]4(C)C[C@@]3(C)CC12. The van der Waals surface area contributed by atoms with Gasteiger partial charge in [-0.3, -0.25) is 0 Å². The molecule has 11 unspecified atom stereocenters. The molecule has 2 heteroatoms. The summed E-state index contributed by atoms with van der Waals surface area (Å²) in [6.45, 7) is 27.0. The van der Waals surface area contributed by atoms with Crippen molar-refractivity contribution in [2.24, 2.45) is 81.3 Å². The second-order valence-corrected chi connectivity index (χ2v) is 17.0. The van der Waals surface area contributed by atoms with E-state index in [9.17, 15) is 10.2 Å². The van der Waals surface area contributed by atoms with E-state index in [-0.39, 0.29) is 28.5 Å². The fourth-order valence-electron chi connectivity index (χ4n) is 14.5. The lowest BCUT2D eigenvalue weighted by Crippen LogP contribution is -2.73. The van der Waals surface area contributed by atoms with E-state index in [1.165, 1.54) is 64.2 Å². The number of fused-ring (bicyclic) bond motifs is 3. The van der Waals surface area contributed by atoms with Crippen molar-refractivity contribution in [3.63, 3.8) is 0 Å². The highest BCUT2D eigenvalue weighted by Gasteiger charge is 2.73. The van der Waals surface area contributed by atoms with E-state index in [4.69, 9.17) is 0 Å². The molecule has 2 nitrogen and oxygen atoms in total. The average molecular weight is 573 g/mol. The van der Waals surface area contributed by atoms with Crippen LogP contribution in [-0.4, -0.2) is 22.4 Å². The first-order chi connectivity index (χ1) is 19.4. The Labute approximate surface area is 256 Å². The number of hydrogen-bond donors (Lipinski definition) is 2. The zero-order valence-electron chi connectivity index (χ0n) is 29.4. The van der Waals surface area contributed by atoms with Crippen LogP contribution in [0.3, 0.4) is 0 Å². The molecule has 2 N–H and O–H groups in total. The molecule has 0 aromatic carbocycles. The van der Waals surface area contributed by atoms with Crippen molar-refractivity contribution in [3.05, 3.63) is 0 Å². The quantitative estimate of drug-likeness (QED) is 0.273. The summed E-state index contributed by atoms with van der Waals surface area (Å²) in [7, 11) is 0. The number of rotatable bonds is 10. The molecule has 4 saturated carbocycles. The molecule has 0 aliphatic heterocycles. The third kappa shape index (κ3) is 4.93. The van der Waals surface area contributed by atoms with Crippen molar-refractivity contribution in [3.8, 4) is 0 Å². The van der Waals surface area contributed by atoms with Gasteiger partial charge in [-0.25, -0.2) is 0 Å². The first-order valence-corrected chi connectivity index (χ1v) is 18.7. The van der Waals surface area contributed by atoms with E-state index >= 15 is 0 Å². The first-order valence-electron chi connectivity index (χ1n) is 18.7. The number of hydrogen-bond acceptors (Lipinski definition) is 2. The maximum Gasteiger partial charge on any atom is 0.0635 e. The normalized spacial score (nSPS) is 50.0. The third-order valence-electron chi connectivity index (χ3n) is 15.3. The highest BCUT2D eigenvalue weighted by molar-refractivity contribution is 5.21. The van der Waals surface area contributed by atoms with Gasteiger partial charge in [-0.1, -0.05) is 121 Å². The molecule has 0 saturated heterocycles. The van der Waals surface area contributed by atoms with Crippen LogP contribution >= 0.6 is 0 Å². The number of aliphatic hydroxyl groups is 2. The summed E-state index contributed by atoms with van der Waals surface area (Å²) < 4.78 is 0. The van der Waals surface area contributed by atoms with E-state index in [0.29, 0.717) is 53.3 Å². The average Bonchev–Trinajstić information content (AvgIpc) is 2.91. The van der Waals surface area contributed by atoms with Crippen LogP contribution in [-0.2, 0) is 0 Å². The fraction of sp³-hybridized carbons (Fsp3) is 1.00. The van der Waals surface area contributed by atoms with Gasteiger partial charge in [0.2, 0.25) is 0 Å². The smallest absolute Gasteiger partial charge is 0.0635 e. The fourth-order valence-corrected chi connectivity index (χ4v) is 14.5. The minimum Gasteiger partial charge on any atom is -0.392 e. The largest absolute Gasteiger partial charge is 0.392 e. The van der Waals surface area contributed by atoms with E-state index in [2.05, 4.69) is 76.2 Å². The van der Waals surface area contributed by atoms with Crippen LogP contribution in [0.2, 0.25) is 0 Å². The molecule has 4 aliphatic rings. The molecule has 4 aliphatic carbocycles. The van der Waals surface area contributed by atoms with Crippen molar-refractivity contribution < 1.29 is 10.2 Å². The van der Waals surface area contributed by atoms with Gasteiger partial charge in [-0.05, 0) is 108 Å². The molecule has 0 aromatic heterocycles. The van der Waals surface area contributed by atoms with Crippen molar-refractivity contribution in [2.75, 3.05) is 0 Å². The summed E-state index contributed by atoms with van der Waals surface area (Å²) in [5, 5.41) is 25.4. The van der Waals surface area contributed by atoms with Crippen LogP contribution in [0.1, 0.15) is 153 Å². The van der Waals surface area contributed by atoms with Gasteiger partial charge >= 0.3 is 0 Å². The van der Waals surface area contributed by atoms with Crippen molar-refractivity contribution in [1.82, 2.24) is 0 Å². The highest BCUT2D eigenvalue weighted by Crippen LogP contribution is 2.76. The monoisotopic (exact) mass is 573 g/mol. The summed E-state index contributed by atoms with van der Waals surface area (Å²) in [5.41, 5.74) is 0.0863. The van der Waals surface area contributed by atoms with Gasteiger partial charge in [-0.2, -0.15) is 0 Å². The molecule has 4 fully saturated rings. The second-order valence-electron chi connectivity index (χ2n) is 17.0. The molecule has 0 amide bonds. The van der Waals surface area contributed by atoms with E-state index in [1.54, 1.807) is 0 Å². The molecular weight excluding hydrogens is 500 g/mol. The second kappa shape index (κ2) is 12.7. The summed E-state index contributed by atoms with van der Waals surface area (Å²) in [4.78, 5) is 0. The molecular formula is C39H72O2. The Morgan fingerprint density at radius 3 is 1.93 bits per heavy atom. The van der Waals surface area contributed by atoms with Crippen LogP contribution in [0.5, 0.6) is 0 Å². The summed E-state index contributed by atoms with van der Waals surface area (Å²) in [6.07, 6.45) is 14.5. The van der Waals surface area contributed by atoms with Crippen LogP contribution in [0.15, 0.2) is 0 Å². The van der Waals surface area contributed by atoms with Gasteiger partial charge in [0, 0.05) is 5.41 Å². The Hall–Kier alpha value is -0.0800. The predicted molar refractivity (Wildman–Crippen MR) is 176 cm³/mol. The maximum atomic E-state index is 12.8. The minimum absolute atomic E-state index is 0.0828. The molecule has 0 bridgehead atoms. The standard InChI is InChI=1S/C39H72O2/c1-12-18-27(19-13-2)30-21-20-26(14-3)32-31(30)22-37(10)23-38(11)33(24(7)8)28(15-4)29(16-5)36(41)39(38,17-6)25(9)34(37)35(32)40/h24-36,40-41H,12-23H2,1-11H3/t25?,26?,28?,29?,30?,31?,32?,33-,34?,35?,36?,37+,38+,39?/m0/s1. The maximum absolute atomic E-state index is 12.8. The van der Waals surface area contributed by atoms with Gasteiger partial charge in [0.25, 0.3) is 0 Å². The van der Waals surface area contributed by atoms with Gasteiger partial charge in [0.15, 0.2) is 0 Å². The Balaban J connectivity index is 1.87. The molecule has 4 rings (SSSR count). The number of aliphatic hydroxyl groups excluding tert-OH is 2. The summed E-state index contributed by atoms with van der Waals surface area (Å²) in [5.74, 6) is 6.16. The van der Waals surface area contributed by atoms with E-state index in [0.717, 1.165) is 24.7 Å². The summed E-state index contributed by atoms with van der Waals surface area (Å²) >= 11 is 0. The zero-order chi connectivity index (χ0) is 30.5. The zero-order valence-corrected chi connectivity index (χ0v) is 29.4. The third-order valence-corrected chi connectivity index (χ3v) is 15.3. The van der Waals surface area contributed by atoms with Crippen molar-refractivity contribution in [2.45, 2.75) is 165 Å². The van der Waals surface area contributed by atoms with Gasteiger partial charge in [-0.15, -0.1) is 0 Å². The molecule has 41 heavy (non-hydrogen) atoms. The molecule has 0 spiro atoms. The Morgan fingerprint density at radius 2 is 1.44 bits per heavy atom. The summed E-state index contributed by atoms with van der Waals surface area (Å²) in [6, 6.07) is 0. The lowest BCUT2D eigenvalue weighted by molar-refractivity contribution is -0.306. The molecule has 0 aromatic rings. The van der Waals surface area contributed by atoms with Gasteiger partial charge in [0.1, 0.15) is 0 Å². The van der Waals surface area contributed by atoms with Crippen molar-refractivity contribution >= 4 is 0 Å². The lowest BCUT2D eigenvalue weighted by atomic mass is 9.30.